The molecule has 86 valence electrons. The summed E-state index contributed by atoms with van der Waals surface area (Å²) < 4.78 is 0. The molecule has 2 aromatic carbocycles. The summed E-state index contributed by atoms with van der Waals surface area (Å²) in [4.78, 5) is 10.7. The number of hydrogen-bond donors (Lipinski definition) is 1. The standard InChI is InChI=1S/C13H8Cl2O2/c14-10-5-6-12(15)11(7-10)8-1-3-9(4-2-8)13(16)17/h1-7H,(H,16,17). The Balaban J connectivity index is 2.46. The molecular formula is C13H8Cl2O2. The third kappa shape index (κ3) is 2.60. The highest BCUT2D eigenvalue weighted by atomic mass is 35.5. The summed E-state index contributed by atoms with van der Waals surface area (Å²) in [6.45, 7) is 0. The number of carbonyl (C=O) groups is 1. The van der Waals surface area contributed by atoms with Crippen molar-refractivity contribution in [3.63, 3.8) is 0 Å². The fourth-order valence-electron chi connectivity index (χ4n) is 1.51. The Morgan fingerprint density at radius 2 is 1.65 bits per heavy atom. The number of hydrogen-bond acceptors (Lipinski definition) is 1. The van der Waals surface area contributed by atoms with E-state index in [1.165, 1.54) is 12.1 Å². The lowest BCUT2D eigenvalue weighted by atomic mass is 10.0. The molecule has 0 heterocycles. The summed E-state index contributed by atoms with van der Waals surface area (Å²) in [5.41, 5.74) is 1.87. The van der Waals surface area contributed by atoms with E-state index in [4.69, 9.17) is 28.3 Å². The molecule has 0 radical (unpaired) electrons. The van der Waals surface area contributed by atoms with Crippen LogP contribution in [0.1, 0.15) is 10.4 Å². The van der Waals surface area contributed by atoms with E-state index in [9.17, 15) is 4.79 Å². The van der Waals surface area contributed by atoms with E-state index in [-0.39, 0.29) is 5.56 Å². The van der Waals surface area contributed by atoms with Crippen LogP contribution in [0.3, 0.4) is 0 Å². The Labute approximate surface area is 108 Å². The molecule has 2 aromatic rings. The van der Waals surface area contributed by atoms with E-state index < -0.39 is 5.97 Å². The molecule has 0 saturated carbocycles. The highest BCUT2D eigenvalue weighted by Crippen LogP contribution is 2.30. The average Bonchev–Trinajstić information content (AvgIpc) is 2.32. The molecule has 2 nitrogen and oxygen atoms in total. The fourth-order valence-corrected chi connectivity index (χ4v) is 1.91. The summed E-state index contributed by atoms with van der Waals surface area (Å²) in [7, 11) is 0. The van der Waals surface area contributed by atoms with Gasteiger partial charge in [-0.05, 0) is 35.9 Å². The molecule has 0 saturated heterocycles. The van der Waals surface area contributed by atoms with Gasteiger partial charge in [-0.25, -0.2) is 4.79 Å². The van der Waals surface area contributed by atoms with Crippen LogP contribution in [0.4, 0.5) is 0 Å². The molecule has 0 spiro atoms. The first-order valence-corrected chi connectivity index (χ1v) is 5.62. The van der Waals surface area contributed by atoms with Gasteiger partial charge in [-0.2, -0.15) is 0 Å². The number of halogens is 2. The van der Waals surface area contributed by atoms with Crippen LogP contribution < -0.4 is 0 Å². The first-order chi connectivity index (χ1) is 8.08. The molecule has 0 aliphatic rings. The van der Waals surface area contributed by atoms with Crippen LogP contribution in [0, 0.1) is 0 Å². The minimum atomic E-state index is -0.950. The molecule has 0 aliphatic heterocycles. The SMILES string of the molecule is O=C(O)c1ccc(-c2cc(Cl)ccc2Cl)cc1. The van der Waals surface area contributed by atoms with Gasteiger partial charge in [0.25, 0.3) is 0 Å². The Morgan fingerprint density at radius 3 is 2.24 bits per heavy atom. The van der Waals surface area contributed by atoms with Crippen LogP contribution in [-0.4, -0.2) is 11.1 Å². The predicted octanol–water partition coefficient (Wildman–Crippen LogP) is 4.36. The second kappa shape index (κ2) is 4.78. The van der Waals surface area contributed by atoms with Gasteiger partial charge in [0, 0.05) is 15.6 Å². The second-order valence-electron chi connectivity index (χ2n) is 3.51. The molecule has 4 heteroatoms. The van der Waals surface area contributed by atoms with Crippen molar-refractivity contribution < 1.29 is 9.90 Å². The van der Waals surface area contributed by atoms with E-state index >= 15 is 0 Å². The van der Waals surface area contributed by atoms with Crippen LogP contribution in [0.2, 0.25) is 10.0 Å². The maximum atomic E-state index is 10.7. The Bertz CT molecular complexity index is 562. The normalized spacial score (nSPS) is 10.2. The zero-order valence-electron chi connectivity index (χ0n) is 8.65. The molecule has 0 unspecified atom stereocenters. The summed E-state index contributed by atoms with van der Waals surface area (Å²) in [6.07, 6.45) is 0. The molecule has 0 atom stereocenters. The highest BCUT2D eigenvalue weighted by molar-refractivity contribution is 6.35. The van der Waals surface area contributed by atoms with Crippen molar-refractivity contribution in [3.8, 4) is 11.1 Å². The Kier molecular flexibility index (Phi) is 3.36. The lowest BCUT2D eigenvalue weighted by Gasteiger charge is -2.05. The number of benzene rings is 2. The van der Waals surface area contributed by atoms with Gasteiger partial charge in [0.15, 0.2) is 0 Å². The van der Waals surface area contributed by atoms with Gasteiger partial charge in [-0.1, -0.05) is 35.3 Å². The number of carboxylic acid groups (broad SMARTS) is 1. The first kappa shape index (κ1) is 12.0. The van der Waals surface area contributed by atoms with Gasteiger partial charge in [-0.15, -0.1) is 0 Å². The molecule has 2 rings (SSSR count). The monoisotopic (exact) mass is 266 g/mol. The van der Waals surface area contributed by atoms with Gasteiger partial charge in [0.2, 0.25) is 0 Å². The third-order valence-corrected chi connectivity index (χ3v) is 2.94. The van der Waals surface area contributed by atoms with Crippen molar-refractivity contribution in [2.45, 2.75) is 0 Å². The van der Waals surface area contributed by atoms with Crippen molar-refractivity contribution in [2.75, 3.05) is 0 Å². The van der Waals surface area contributed by atoms with E-state index in [0.717, 1.165) is 11.1 Å². The molecular weight excluding hydrogens is 259 g/mol. The van der Waals surface area contributed by atoms with Crippen molar-refractivity contribution in [3.05, 3.63) is 58.1 Å². The van der Waals surface area contributed by atoms with Crippen LogP contribution in [0.5, 0.6) is 0 Å². The van der Waals surface area contributed by atoms with Gasteiger partial charge in [-0.3, -0.25) is 0 Å². The van der Waals surface area contributed by atoms with E-state index in [1.54, 1.807) is 30.3 Å². The van der Waals surface area contributed by atoms with Gasteiger partial charge in [0.05, 0.1) is 5.56 Å². The van der Waals surface area contributed by atoms with Crippen molar-refractivity contribution >= 4 is 29.2 Å². The Morgan fingerprint density at radius 1 is 1.00 bits per heavy atom. The van der Waals surface area contributed by atoms with Crippen LogP contribution in [0.15, 0.2) is 42.5 Å². The third-order valence-electron chi connectivity index (χ3n) is 2.37. The molecule has 0 aromatic heterocycles. The number of carboxylic acids is 1. The van der Waals surface area contributed by atoms with E-state index in [2.05, 4.69) is 0 Å². The second-order valence-corrected chi connectivity index (χ2v) is 4.35. The maximum absolute atomic E-state index is 10.7. The zero-order chi connectivity index (χ0) is 12.4. The lowest BCUT2D eigenvalue weighted by Crippen LogP contribution is -1.95. The van der Waals surface area contributed by atoms with Crippen molar-refractivity contribution in [2.24, 2.45) is 0 Å². The number of rotatable bonds is 2. The molecule has 0 bridgehead atoms. The summed E-state index contributed by atoms with van der Waals surface area (Å²) in [5, 5.41) is 9.97. The van der Waals surface area contributed by atoms with E-state index in [1.807, 2.05) is 0 Å². The van der Waals surface area contributed by atoms with Gasteiger partial charge >= 0.3 is 5.97 Å². The smallest absolute Gasteiger partial charge is 0.335 e. The highest BCUT2D eigenvalue weighted by Gasteiger charge is 2.06. The van der Waals surface area contributed by atoms with E-state index in [0.29, 0.717) is 10.0 Å². The van der Waals surface area contributed by atoms with Gasteiger partial charge < -0.3 is 5.11 Å². The molecule has 17 heavy (non-hydrogen) atoms. The maximum Gasteiger partial charge on any atom is 0.335 e. The molecule has 0 amide bonds. The molecule has 0 aliphatic carbocycles. The molecule has 1 N–H and O–H groups in total. The Hall–Kier alpha value is -1.51. The van der Waals surface area contributed by atoms with Crippen LogP contribution >= 0.6 is 23.2 Å². The predicted molar refractivity (Wildman–Crippen MR) is 68.9 cm³/mol. The minimum absolute atomic E-state index is 0.243. The number of aromatic carboxylic acids is 1. The zero-order valence-corrected chi connectivity index (χ0v) is 10.2. The minimum Gasteiger partial charge on any atom is -0.478 e. The van der Waals surface area contributed by atoms with Crippen LogP contribution in [0.25, 0.3) is 11.1 Å². The summed E-state index contributed by atoms with van der Waals surface area (Å²) in [5.74, 6) is -0.950. The van der Waals surface area contributed by atoms with Crippen LogP contribution in [-0.2, 0) is 0 Å². The average molecular weight is 267 g/mol. The first-order valence-electron chi connectivity index (χ1n) is 4.87. The van der Waals surface area contributed by atoms with Crippen molar-refractivity contribution in [1.82, 2.24) is 0 Å². The largest absolute Gasteiger partial charge is 0.478 e. The van der Waals surface area contributed by atoms with Gasteiger partial charge in [0.1, 0.15) is 0 Å². The van der Waals surface area contributed by atoms with Crippen molar-refractivity contribution in [1.29, 1.82) is 0 Å². The molecule has 0 fully saturated rings. The summed E-state index contributed by atoms with van der Waals surface area (Å²) >= 11 is 12.0. The lowest BCUT2D eigenvalue weighted by molar-refractivity contribution is 0.0697. The fraction of sp³-hybridized carbons (Fsp3) is 0. The summed E-state index contributed by atoms with van der Waals surface area (Å²) in [6, 6.07) is 11.7. The topological polar surface area (TPSA) is 37.3 Å². The quantitative estimate of drug-likeness (QED) is 0.877.